The van der Waals surface area contributed by atoms with E-state index in [0.29, 0.717) is 26.2 Å². The average Bonchev–Trinajstić information content (AvgIpc) is 2.81. The van der Waals surface area contributed by atoms with Crippen molar-refractivity contribution in [1.82, 2.24) is 20.1 Å². The zero-order chi connectivity index (χ0) is 23.4. The summed E-state index contributed by atoms with van der Waals surface area (Å²) in [6.07, 6.45) is 3.73. The number of carbonyl (C=O) groups is 2. The van der Waals surface area contributed by atoms with E-state index in [1.54, 1.807) is 25.3 Å². The van der Waals surface area contributed by atoms with Crippen LogP contribution in [-0.4, -0.2) is 59.9 Å². The first-order valence-corrected chi connectivity index (χ1v) is 11.2. The van der Waals surface area contributed by atoms with Gasteiger partial charge in [0.1, 0.15) is 5.75 Å². The Hall–Kier alpha value is -3.45. The molecule has 2 heterocycles. The first-order valence-electron chi connectivity index (χ1n) is 11.2. The molecule has 7 heteroatoms. The molecule has 1 saturated heterocycles. The molecule has 1 unspecified atom stereocenters. The molecule has 172 valence electrons. The molecule has 0 radical (unpaired) electrons. The predicted molar refractivity (Wildman–Crippen MR) is 128 cm³/mol. The smallest absolute Gasteiger partial charge is 0.237 e. The number of piperazine rings is 1. The van der Waals surface area contributed by atoms with E-state index >= 15 is 0 Å². The third-order valence-corrected chi connectivity index (χ3v) is 6.26. The molecule has 2 amide bonds. The van der Waals surface area contributed by atoms with Crippen molar-refractivity contribution < 1.29 is 14.3 Å². The normalized spacial score (nSPS) is 16.5. The first-order chi connectivity index (χ1) is 16.0. The van der Waals surface area contributed by atoms with E-state index in [2.05, 4.69) is 21.3 Å². The molecule has 0 aliphatic carbocycles. The summed E-state index contributed by atoms with van der Waals surface area (Å²) >= 11 is 0. The molecule has 1 aliphatic rings. The number of hydrogen-bond donors (Lipinski definition) is 1. The van der Waals surface area contributed by atoms with E-state index in [1.165, 1.54) is 0 Å². The number of methoxy groups -OCH3 is 1. The van der Waals surface area contributed by atoms with Gasteiger partial charge in [0.15, 0.2) is 0 Å². The van der Waals surface area contributed by atoms with Gasteiger partial charge in [-0.25, -0.2) is 0 Å². The number of rotatable bonds is 7. The Bertz CT molecular complexity index is 1160. The van der Waals surface area contributed by atoms with Crippen LogP contribution >= 0.6 is 0 Å². The summed E-state index contributed by atoms with van der Waals surface area (Å²) in [5.74, 6) is 0.691. The Morgan fingerprint density at radius 1 is 1.27 bits per heavy atom. The fourth-order valence-corrected chi connectivity index (χ4v) is 4.44. The molecule has 0 saturated carbocycles. The maximum atomic E-state index is 13.1. The summed E-state index contributed by atoms with van der Waals surface area (Å²) in [6, 6.07) is 13.5. The molecule has 3 aromatic rings. The van der Waals surface area contributed by atoms with Crippen molar-refractivity contribution in [2.45, 2.75) is 32.5 Å². The fourth-order valence-electron chi connectivity index (χ4n) is 4.44. The average molecular weight is 447 g/mol. The van der Waals surface area contributed by atoms with Crippen LogP contribution in [0.4, 0.5) is 0 Å². The minimum absolute atomic E-state index is 0.0565. The summed E-state index contributed by atoms with van der Waals surface area (Å²) < 4.78 is 5.35. The highest BCUT2D eigenvalue weighted by Gasteiger charge is 2.32. The lowest BCUT2D eigenvalue weighted by atomic mass is 10.0. The second kappa shape index (κ2) is 10.0. The lowest BCUT2D eigenvalue weighted by Crippen LogP contribution is -2.56. The van der Waals surface area contributed by atoms with Crippen molar-refractivity contribution in [2.24, 2.45) is 0 Å². The third kappa shape index (κ3) is 5.14. The number of fused-ring (bicyclic) bond motifs is 1. The van der Waals surface area contributed by atoms with Crippen molar-refractivity contribution in [3.63, 3.8) is 0 Å². The summed E-state index contributed by atoms with van der Waals surface area (Å²) in [5.41, 5.74) is 3.21. The standard InChI is InChI=1S/C26H30N4O3/c1-18-13-19(7-8-24(18)33-3)16-30-12-11-28-26(32)23(30)14-25(31)29(2)17-21-6-4-5-20-15-27-10-9-22(20)21/h4-10,13,15,23H,11-12,14,16-17H2,1-3H3,(H,28,32). The highest BCUT2D eigenvalue weighted by atomic mass is 16.5. The Morgan fingerprint density at radius 2 is 2.12 bits per heavy atom. The van der Waals surface area contributed by atoms with E-state index in [1.807, 2.05) is 49.5 Å². The van der Waals surface area contributed by atoms with Gasteiger partial charge in [-0.3, -0.25) is 19.5 Å². The van der Waals surface area contributed by atoms with Crippen molar-refractivity contribution in [3.8, 4) is 5.75 Å². The molecule has 1 aromatic heterocycles. The lowest BCUT2D eigenvalue weighted by molar-refractivity contribution is -0.138. The number of carbonyl (C=O) groups excluding carboxylic acids is 2. The molecule has 2 aromatic carbocycles. The largest absolute Gasteiger partial charge is 0.496 e. The lowest BCUT2D eigenvalue weighted by Gasteiger charge is -2.35. The molecule has 1 aliphatic heterocycles. The molecule has 1 fully saturated rings. The number of amides is 2. The van der Waals surface area contributed by atoms with Crippen LogP contribution in [0, 0.1) is 6.92 Å². The van der Waals surface area contributed by atoms with Gasteiger partial charge in [0.2, 0.25) is 11.8 Å². The zero-order valence-electron chi connectivity index (χ0n) is 19.4. The van der Waals surface area contributed by atoms with Gasteiger partial charge in [0, 0.05) is 51.0 Å². The number of aromatic nitrogens is 1. The number of nitrogens with zero attached hydrogens (tertiary/aromatic N) is 3. The second-order valence-electron chi connectivity index (χ2n) is 8.55. The van der Waals surface area contributed by atoms with Crippen molar-refractivity contribution >= 4 is 22.6 Å². The number of nitrogens with one attached hydrogen (secondary N) is 1. The van der Waals surface area contributed by atoms with Crippen LogP contribution in [0.1, 0.15) is 23.1 Å². The van der Waals surface area contributed by atoms with Gasteiger partial charge < -0.3 is 15.0 Å². The molecule has 4 rings (SSSR count). The van der Waals surface area contributed by atoms with Gasteiger partial charge in [-0.05, 0) is 41.1 Å². The monoisotopic (exact) mass is 446 g/mol. The van der Waals surface area contributed by atoms with E-state index in [4.69, 9.17) is 4.74 Å². The second-order valence-corrected chi connectivity index (χ2v) is 8.55. The van der Waals surface area contributed by atoms with Gasteiger partial charge in [-0.1, -0.05) is 30.3 Å². The maximum absolute atomic E-state index is 13.1. The number of benzene rings is 2. The predicted octanol–water partition coefficient (Wildman–Crippen LogP) is 2.90. The van der Waals surface area contributed by atoms with Crippen LogP contribution in [0.15, 0.2) is 54.9 Å². The van der Waals surface area contributed by atoms with E-state index < -0.39 is 6.04 Å². The van der Waals surface area contributed by atoms with Crippen LogP contribution < -0.4 is 10.1 Å². The number of aryl methyl sites for hydroxylation is 1. The molecular formula is C26H30N4O3. The van der Waals surface area contributed by atoms with Gasteiger partial charge >= 0.3 is 0 Å². The van der Waals surface area contributed by atoms with Gasteiger partial charge in [0.25, 0.3) is 0 Å². The topological polar surface area (TPSA) is 74.8 Å². The van der Waals surface area contributed by atoms with E-state index in [9.17, 15) is 9.59 Å². The molecule has 7 nitrogen and oxygen atoms in total. The molecule has 0 bridgehead atoms. The summed E-state index contributed by atoms with van der Waals surface area (Å²) in [4.78, 5) is 33.8. The van der Waals surface area contributed by atoms with Crippen molar-refractivity contribution in [3.05, 3.63) is 71.5 Å². The Labute approximate surface area is 194 Å². The Morgan fingerprint density at radius 3 is 2.91 bits per heavy atom. The maximum Gasteiger partial charge on any atom is 0.237 e. The summed E-state index contributed by atoms with van der Waals surface area (Å²) in [5, 5.41) is 5.04. The van der Waals surface area contributed by atoms with E-state index in [0.717, 1.165) is 33.2 Å². The van der Waals surface area contributed by atoms with Crippen molar-refractivity contribution in [1.29, 1.82) is 0 Å². The zero-order valence-corrected chi connectivity index (χ0v) is 19.4. The Balaban J connectivity index is 1.46. The highest BCUT2D eigenvalue weighted by molar-refractivity contribution is 5.89. The quantitative estimate of drug-likeness (QED) is 0.604. The van der Waals surface area contributed by atoms with Crippen LogP contribution in [-0.2, 0) is 22.7 Å². The third-order valence-electron chi connectivity index (χ3n) is 6.26. The molecular weight excluding hydrogens is 416 g/mol. The summed E-state index contributed by atoms with van der Waals surface area (Å²) in [6.45, 7) is 4.38. The number of pyridine rings is 1. The molecule has 33 heavy (non-hydrogen) atoms. The SMILES string of the molecule is COc1ccc(CN2CCNC(=O)C2CC(=O)N(C)Cc2cccc3cnccc23)cc1C. The minimum atomic E-state index is -0.493. The minimum Gasteiger partial charge on any atom is -0.496 e. The van der Waals surface area contributed by atoms with Crippen LogP contribution in [0.5, 0.6) is 5.75 Å². The first kappa shape index (κ1) is 22.7. The number of ether oxygens (including phenoxy) is 1. The van der Waals surface area contributed by atoms with Crippen molar-refractivity contribution in [2.75, 3.05) is 27.2 Å². The highest BCUT2D eigenvalue weighted by Crippen LogP contribution is 2.22. The van der Waals surface area contributed by atoms with Crippen LogP contribution in [0.2, 0.25) is 0 Å². The van der Waals surface area contributed by atoms with Gasteiger partial charge in [-0.15, -0.1) is 0 Å². The van der Waals surface area contributed by atoms with Crippen LogP contribution in [0.25, 0.3) is 10.8 Å². The number of hydrogen-bond acceptors (Lipinski definition) is 5. The molecule has 0 spiro atoms. The van der Waals surface area contributed by atoms with Gasteiger partial charge in [-0.2, -0.15) is 0 Å². The van der Waals surface area contributed by atoms with Crippen LogP contribution in [0.3, 0.4) is 0 Å². The Kier molecular flexibility index (Phi) is 6.89. The van der Waals surface area contributed by atoms with E-state index in [-0.39, 0.29) is 18.2 Å². The molecule has 1 N–H and O–H groups in total. The van der Waals surface area contributed by atoms with Gasteiger partial charge in [0.05, 0.1) is 19.6 Å². The fraction of sp³-hybridized carbons (Fsp3) is 0.346. The summed E-state index contributed by atoms with van der Waals surface area (Å²) in [7, 11) is 3.45. The molecule has 1 atom stereocenters.